The third-order valence-electron chi connectivity index (χ3n) is 3.33. The second-order valence-corrected chi connectivity index (χ2v) is 4.77. The van der Waals surface area contributed by atoms with Crippen LogP contribution in [0.4, 0.5) is 14.5 Å². The van der Waals surface area contributed by atoms with Crippen LogP contribution in [0.1, 0.15) is 30.1 Å². The third-order valence-corrected chi connectivity index (χ3v) is 3.33. The minimum Gasteiger partial charge on any atom is -0.376 e. The molecule has 2 atom stereocenters. The van der Waals surface area contributed by atoms with Crippen molar-refractivity contribution in [3.05, 3.63) is 29.3 Å². The van der Waals surface area contributed by atoms with E-state index in [4.69, 9.17) is 10.6 Å². The van der Waals surface area contributed by atoms with Gasteiger partial charge in [-0.15, -0.1) is 0 Å². The number of benzene rings is 1. The van der Waals surface area contributed by atoms with Crippen LogP contribution >= 0.6 is 0 Å². The van der Waals surface area contributed by atoms with Gasteiger partial charge >= 0.3 is 0 Å². The van der Waals surface area contributed by atoms with E-state index in [-0.39, 0.29) is 17.7 Å². The SMILES string of the molecule is CC(NC(=O)c1cc(F)c(NN)c(F)c1)C1CCCO1. The number of nitrogens with two attached hydrogens (primary N) is 1. The van der Waals surface area contributed by atoms with Gasteiger partial charge in [-0.05, 0) is 31.9 Å². The van der Waals surface area contributed by atoms with E-state index in [9.17, 15) is 13.6 Å². The Hall–Kier alpha value is -1.73. The highest BCUT2D eigenvalue weighted by molar-refractivity contribution is 5.94. The average Bonchev–Trinajstić information content (AvgIpc) is 2.92. The molecule has 0 radical (unpaired) electrons. The molecule has 2 unspecified atom stereocenters. The van der Waals surface area contributed by atoms with Crippen molar-refractivity contribution in [2.75, 3.05) is 12.0 Å². The molecule has 2 rings (SSSR count). The summed E-state index contributed by atoms with van der Waals surface area (Å²) in [5, 5.41) is 2.68. The number of rotatable bonds is 4. The fraction of sp³-hybridized carbons (Fsp3) is 0.462. The van der Waals surface area contributed by atoms with Crippen LogP contribution in [0.5, 0.6) is 0 Å². The van der Waals surface area contributed by atoms with Gasteiger partial charge < -0.3 is 15.5 Å². The number of carbonyl (C=O) groups is 1. The number of hydrogen-bond acceptors (Lipinski definition) is 4. The van der Waals surface area contributed by atoms with E-state index in [1.807, 2.05) is 5.43 Å². The molecular formula is C13H17F2N3O2. The van der Waals surface area contributed by atoms with Gasteiger partial charge in [0.2, 0.25) is 0 Å². The van der Waals surface area contributed by atoms with Crippen LogP contribution in [0.25, 0.3) is 0 Å². The first-order valence-electron chi connectivity index (χ1n) is 6.41. The van der Waals surface area contributed by atoms with Crippen LogP contribution in [0, 0.1) is 11.6 Å². The first kappa shape index (κ1) is 14.7. The second kappa shape index (κ2) is 6.15. The fourth-order valence-corrected chi connectivity index (χ4v) is 2.22. The van der Waals surface area contributed by atoms with Crippen molar-refractivity contribution >= 4 is 11.6 Å². The van der Waals surface area contributed by atoms with Gasteiger partial charge in [-0.1, -0.05) is 0 Å². The lowest BCUT2D eigenvalue weighted by Crippen LogP contribution is -2.40. The molecule has 0 spiro atoms. The lowest BCUT2D eigenvalue weighted by molar-refractivity contribution is 0.0712. The predicted octanol–water partition coefficient (Wildman–Crippen LogP) is 1.55. The van der Waals surface area contributed by atoms with Crippen LogP contribution in [0.15, 0.2) is 12.1 Å². The Balaban J connectivity index is 2.09. The number of amides is 1. The van der Waals surface area contributed by atoms with Gasteiger partial charge in [-0.3, -0.25) is 10.6 Å². The maximum atomic E-state index is 13.5. The summed E-state index contributed by atoms with van der Waals surface area (Å²) in [4.78, 5) is 12.0. The summed E-state index contributed by atoms with van der Waals surface area (Å²) in [6.07, 6.45) is 1.75. The van der Waals surface area contributed by atoms with Crippen molar-refractivity contribution in [2.45, 2.75) is 31.9 Å². The molecule has 0 aliphatic carbocycles. The van der Waals surface area contributed by atoms with Crippen LogP contribution < -0.4 is 16.6 Å². The van der Waals surface area contributed by atoms with Crippen molar-refractivity contribution < 1.29 is 18.3 Å². The Morgan fingerprint density at radius 2 is 2.10 bits per heavy atom. The quantitative estimate of drug-likeness (QED) is 0.579. The van der Waals surface area contributed by atoms with Crippen molar-refractivity contribution in [3.8, 4) is 0 Å². The average molecular weight is 285 g/mol. The summed E-state index contributed by atoms with van der Waals surface area (Å²) in [7, 11) is 0. The van der Waals surface area contributed by atoms with Gasteiger partial charge in [0, 0.05) is 12.2 Å². The molecule has 1 aliphatic rings. The highest BCUT2D eigenvalue weighted by Crippen LogP contribution is 2.20. The zero-order chi connectivity index (χ0) is 14.7. The number of nitrogens with one attached hydrogen (secondary N) is 2. The maximum Gasteiger partial charge on any atom is 0.251 e. The zero-order valence-electron chi connectivity index (χ0n) is 11.1. The molecule has 110 valence electrons. The summed E-state index contributed by atoms with van der Waals surface area (Å²) in [5.41, 5.74) is 1.36. The van der Waals surface area contributed by atoms with E-state index in [2.05, 4.69) is 5.32 Å². The third kappa shape index (κ3) is 3.05. The van der Waals surface area contributed by atoms with Gasteiger partial charge in [0.05, 0.1) is 12.1 Å². The van der Waals surface area contributed by atoms with Gasteiger partial charge in [-0.2, -0.15) is 0 Å². The molecule has 1 heterocycles. The summed E-state index contributed by atoms with van der Waals surface area (Å²) < 4.78 is 32.5. The van der Waals surface area contributed by atoms with Crippen LogP contribution in [0.2, 0.25) is 0 Å². The standard InChI is InChI=1S/C13H17F2N3O2/c1-7(11-3-2-4-20-11)17-13(19)8-5-9(14)12(18-16)10(15)6-8/h5-7,11,18H,2-4,16H2,1H3,(H,17,19). The van der Waals surface area contributed by atoms with E-state index in [1.54, 1.807) is 6.92 Å². The van der Waals surface area contributed by atoms with Crippen molar-refractivity contribution in [2.24, 2.45) is 5.84 Å². The molecule has 0 saturated carbocycles. The molecule has 0 bridgehead atoms. The van der Waals surface area contributed by atoms with E-state index in [0.717, 1.165) is 25.0 Å². The Kier molecular flexibility index (Phi) is 4.51. The van der Waals surface area contributed by atoms with Crippen molar-refractivity contribution in [1.82, 2.24) is 5.32 Å². The molecule has 1 aromatic carbocycles. The highest BCUT2D eigenvalue weighted by atomic mass is 19.1. The lowest BCUT2D eigenvalue weighted by atomic mass is 10.1. The number of halogens is 2. The van der Waals surface area contributed by atoms with Crippen LogP contribution in [-0.4, -0.2) is 24.7 Å². The largest absolute Gasteiger partial charge is 0.376 e. The van der Waals surface area contributed by atoms with Gasteiger partial charge in [0.1, 0.15) is 5.69 Å². The molecule has 7 heteroatoms. The van der Waals surface area contributed by atoms with Crippen molar-refractivity contribution in [1.29, 1.82) is 0 Å². The first-order valence-corrected chi connectivity index (χ1v) is 6.41. The first-order chi connectivity index (χ1) is 9.52. The lowest BCUT2D eigenvalue weighted by Gasteiger charge is -2.20. The predicted molar refractivity (Wildman–Crippen MR) is 70.1 cm³/mol. The van der Waals surface area contributed by atoms with E-state index >= 15 is 0 Å². The molecule has 1 fully saturated rings. The highest BCUT2D eigenvalue weighted by Gasteiger charge is 2.24. The van der Waals surface area contributed by atoms with Crippen molar-refractivity contribution in [3.63, 3.8) is 0 Å². The summed E-state index contributed by atoms with van der Waals surface area (Å²) >= 11 is 0. The smallest absolute Gasteiger partial charge is 0.251 e. The monoisotopic (exact) mass is 285 g/mol. The Morgan fingerprint density at radius 1 is 1.45 bits per heavy atom. The Bertz CT molecular complexity index is 481. The van der Waals surface area contributed by atoms with Crippen LogP contribution in [-0.2, 0) is 4.74 Å². The molecule has 4 N–H and O–H groups in total. The molecule has 1 aliphatic heterocycles. The molecule has 1 amide bonds. The summed E-state index contributed by atoms with van der Waals surface area (Å²) in [5.74, 6) is 2.62. The molecular weight excluding hydrogens is 268 g/mol. The number of ether oxygens (including phenoxy) is 1. The molecule has 5 nitrogen and oxygen atoms in total. The number of hydrogen-bond donors (Lipinski definition) is 3. The Labute approximate surface area is 115 Å². The fourth-order valence-electron chi connectivity index (χ4n) is 2.22. The maximum absolute atomic E-state index is 13.5. The summed E-state index contributed by atoms with van der Waals surface area (Å²) in [6, 6.07) is 1.66. The van der Waals surface area contributed by atoms with Crippen LogP contribution in [0.3, 0.4) is 0 Å². The molecule has 1 saturated heterocycles. The Morgan fingerprint density at radius 3 is 2.60 bits per heavy atom. The molecule has 20 heavy (non-hydrogen) atoms. The number of hydrazine groups is 1. The normalized spacial score (nSPS) is 19.7. The minimum absolute atomic E-state index is 0.0568. The minimum atomic E-state index is -0.914. The van der Waals surface area contributed by atoms with Gasteiger partial charge in [0.15, 0.2) is 11.6 Å². The molecule has 0 aromatic heterocycles. The zero-order valence-corrected chi connectivity index (χ0v) is 11.1. The van der Waals surface area contributed by atoms with Gasteiger partial charge in [0.25, 0.3) is 5.91 Å². The number of anilines is 1. The molecule has 1 aromatic rings. The van der Waals surface area contributed by atoms with E-state index < -0.39 is 23.2 Å². The number of carbonyl (C=O) groups excluding carboxylic acids is 1. The topological polar surface area (TPSA) is 76.4 Å². The number of nitrogen functional groups attached to an aromatic ring is 1. The van der Waals surface area contributed by atoms with E-state index in [1.165, 1.54) is 0 Å². The van der Waals surface area contributed by atoms with E-state index in [0.29, 0.717) is 6.61 Å². The van der Waals surface area contributed by atoms with Gasteiger partial charge in [-0.25, -0.2) is 8.78 Å². The second-order valence-electron chi connectivity index (χ2n) is 4.77. The summed E-state index contributed by atoms with van der Waals surface area (Å²) in [6.45, 7) is 2.47.